The average Bonchev–Trinajstić information content (AvgIpc) is 2.91. The third-order valence-electron chi connectivity index (χ3n) is 5.33. The molecule has 0 bridgehead atoms. The van der Waals surface area contributed by atoms with Gasteiger partial charge in [-0.3, -0.25) is 19.3 Å². The Hall–Kier alpha value is -2.57. The highest BCUT2D eigenvalue weighted by molar-refractivity contribution is 6.07. The third kappa shape index (κ3) is 3.13. The van der Waals surface area contributed by atoms with Crippen LogP contribution in [-0.2, 0) is 14.4 Å². The molecule has 3 amide bonds. The number of nitrogens with zero attached hydrogens (tertiary/aromatic N) is 1. The minimum Gasteiger partial charge on any atom is -0.486 e. The summed E-state index contributed by atoms with van der Waals surface area (Å²) in [6.45, 7) is 0.383. The van der Waals surface area contributed by atoms with Gasteiger partial charge < -0.3 is 14.8 Å². The monoisotopic (exact) mass is 358 g/mol. The summed E-state index contributed by atoms with van der Waals surface area (Å²) in [5.74, 6) is 0.138. The van der Waals surface area contributed by atoms with Gasteiger partial charge in [-0.05, 0) is 25.0 Å². The van der Waals surface area contributed by atoms with E-state index in [1.165, 1.54) is 0 Å². The van der Waals surface area contributed by atoms with Crippen molar-refractivity contribution < 1.29 is 23.9 Å². The van der Waals surface area contributed by atoms with E-state index in [9.17, 15) is 14.4 Å². The van der Waals surface area contributed by atoms with E-state index in [0.717, 1.165) is 30.6 Å². The lowest BCUT2D eigenvalue weighted by Gasteiger charge is -2.26. The number of rotatable bonds is 4. The number of amides is 3. The van der Waals surface area contributed by atoms with Crippen LogP contribution in [0.15, 0.2) is 24.3 Å². The molecule has 0 radical (unpaired) electrons. The molecule has 0 spiro atoms. The first-order valence-corrected chi connectivity index (χ1v) is 9.14. The second-order valence-corrected chi connectivity index (χ2v) is 7.06. The summed E-state index contributed by atoms with van der Waals surface area (Å²) in [4.78, 5) is 38.2. The normalized spacial score (nSPS) is 27.2. The van der Waals surface area contributed by atoms with E-state index < -0.39 is 0 Å². The number of likely N-dealkylation sites (tertiary alicyclic amines) is 1. The molecule has 26 heavy (non-hydrogen) atoms. The number of hydrogen-bond acceptors (Lipinski definition) is 5. The van der Waals surface area contributed by atoms with E-state index in [1.807, 2.05) is 24.3 Å². The SMILES string of the molecule is O=C(CN1C(=O)[C@H]2CCCC[C@H]2C1=O)NC[C@@H]1COc2ccccc2O1. The van der Waals surface area contributed by atoms with Crippen molar-refractivity contribution in [3.8, 4) is 11.5 Å². The largest absolute Gasteiger partial charge is 0.486 e. The maximum Gasteiger partial charge on any atom is 0.240 e. The molecule has 4 rings (SSSR count). The molecule has 1 N–H and O–H groups in total. The van der Waals surface area contributed by atoms with Gasteiger partial charge in [0.25, 0.3) is 0 Å². The van der Waals surface area contributed by atoms with E-state index in [1.54, 1.807) is 0 Å². The number of para-hydroxylation sites is 2. The number of benzene rings is 1. The van der Waals surface area contributed by atoms with Gasteiger partial charge >= 0.3 is 0 Å². The Morgan fingerprint density at radius 2 is 1.73 bits per heavy atom. The summed E-state index contributed by atoms with van der Waals surface area (Å²) in [5.41, 5.74) is 0. The van der Waals surface area contributed by atoms with Gasteiger partial charge in [0.1, 0.15) is 19.3 Å². The van der Waals surface area contributed by atoms with Gasteiger partial charge in [-0.25, -0.2) is 0 Å². The van der Waals surface area contributed by atoms with Crippen LogP contribution in [0.1, 0.15) is 25.7 Å². The van der Waals surface area contributed by atoms with Crippen molar-refractivity contribution in [1.29, 1.82) is 0 Å². The van der Waals surface area contributed by atoms with Crippen molar-refractivity contribution in [2.24, 2.45) is 11.8 Å². The van der Waals surface area contributed by atoms with E-state index >= 15 is 0 Å². The summed E-state index contributed by atoms with van der Waals surface area (Å²) >= 11 is 0. The molecule has 1 aromatic rings. The van der Waals surface area contributed by atoms with Crippen molar-refractivity contribution in [2.45, 2.75) is 31.8 Å². The summed E-state index contributed by atoms with van der Waals surface area (Å²) in [6, 6.07) is 7.36. The Bertz CT molecular complexity index is 710. The number of carbonyl (C=O) groups is 3. The van der Waals surface area contributed by atoms with Crippen LogP contribution in [0.5, 0.6) is 11.5 Å². The van der Waals surface area contributed by atoms with Crippen LogP contribution in [0.2, 0.25) is 0 Å². The fourth-order valence-corrected chi connectivity index (χ4v) is 3.98. The fraction of sp³-hybridized carbons (Fsp3) is 0.526. The van der Waals surface area contributed by atoms with Crippen molar-refractivity contribution >= 4 is 17.7 Å². The van der Waals surface area contributed by atoms with Crippen molar-refractivity contribution in [3.05, 3.63) is 24.3 Å². The zero-order chi connectivity index (χ0) is 18.1. The minimum absolute atomic E-state index is 0.193. The Morgan fingerprint density at radius 1 is 1.08 bits per heavy atom. The molecular formula is C19H22N2O5. The minimum atomic E-state index is -0.354. The van der Waals surface area contributed by atoms with E-state index in [4.69, 9.17) is 9.47 Å². The molecule has 7 nitrogen and oxygen atoms in total. The molecule has 0 aromatic heterocycles. The molecule has 1 saturated carbocycles. The molecule has 1 saturated heterocycles. The average molecular weight is 358 g/mol. The summed E-state index contributed by atoms with van der Waals surface area (Å²) in [5, 5.41) is 2.74. The maximum atomic E-state index is 12.4. The smallest absolute Gasteiger partial charge is 0.240 e. The van der Waals surface area contributed by atoms with E-state index in [0.29, 0.717) is 18.1 Å². The number of fused-ring (bicyclic) bond motifs is 2. The van der Waals surface area contributed by atoms with Crippen molar-refractivity contribution in [3.63, 3.8) is 0 Å². The highest BCUT2D eigenvalue weighted by Crippen LogP contribution is 2.37. The molecule has 2 aliphatic heterocycles. The van der Waals surface area contributed by atoms with Gasteiger partial charge in [-0.15, -0.1) is 0 Å². The first-order valence-electron chi connectivity index (χ1n) is 9.14. The molecule has 3 atom stereocenters. The van der Waals surface area contributed by atoms with Crippen LogP contribution < -0.4 is 14.8 Å². The predicted molar refractivity (Wildman–Crippen MR) is 91.5 cm³/mol. The lowest BCUT2D eigenvalue weighted by atomic mass is 9.81. The second kappa shape index (κ2) is 6.97. The third-order valence-corrected chi connectivity index (χ3v) is 5.33. The van der Waals surface area contributed by atoms with Crippen LogP contribution in [0.3, 0.4) is 0 Å². The standard InChI is InChI=1S/C19H22N2O5/c22-17(10-21-18(23)13-5-1-2-6-14(13)19(21)24)20-9-12-11-25-15-7-3-4-8-16(15)26-12/h3-4,7-8,12-14H,1-2,5-6,9-11H2,(H,20,22)/t12-,13-,14+/m1/s1. The maximum absolute atomic E-state index is 12.4. The van der Waals surface area contributed by atoms with Crippen LogP contribution in [0.25, 0.3) is 0 Å². The van der Waals surface area contributed by atoms with E-state index in [2.05, 4.69) is 5.32 Å². The van der Waals surface area contributed by atoms with Crippen LogP contribution in [0.4, 0.5) is 0 Å². The highest BCUT2D eigenvalue weighted by atomic mass is 16.6. The first kappa shape index (κ1) is 16.9. The van der Waals surface area contributed by atoms with E-state index in [-0.39, 0.29) is 48.8 Å². The lowest BCUT2D eigenvalue weighted by Crippen LogP contribution is -2.45. The Balaban J connectivity index is 1.29. The van der Waals surface area contributed by atoms with Gasteiger partial charge in [0.15, 0.2) is 11.5 Å². The Labute approximate surface area is 151 Å². The van der Waals surface area contributed by atoms with Gasteiger partial charge in [-0.2, -0.15) is 0 Å². The van der Waals surface area contributed by atoms with Gasteiger partial charge in [0.05, 0.1) is 18.4 Å². The molecular weight excluding hydrogens is 336 g/mol. The zero-order valence-corrected chi connectivity index (χ0v) is 14.5. The molecule has 1 aromatic carbocycles. The Morgan fingerprint density at radius 3 is 2.42 bits per heavy atom. The molecule has 2 fully saturated rings. The number of hydrogen-bond donors (Lipinski definition) is 1. The number of ether oxygens (including phenoxy) is 2. The molecule has 0 unspecified atom stereocenters. The van der Waals surface area contributed by atoms with Gasteiger partial charge in [-0.1, -0.05) is 25.0 Å². The van der Waals surface area contributed by atoms with Crippen LogP contribution in [0, 0.1) is 11.8 Å². The highest BCUT2D eigenvalue weighted by Gasteiger charge is 2.48. The van der Waals surface area contributed by atoms with Crippen LogP contribution >= 0.6 is 0 Å². The number of carbonyl (C=O) groups excluding carboxylic acids is 3. The second-order valence-electron chi connectivity index (χ2n) is 7.06. The summed E-state index contributed by atoms with van der Waals surface area (Å²) in [7, 11) is 0. The summed E-state index contributed by atoms with van der Waals surface area (Å²) in [6.07, 6.45) is 3.14. The van der Waals surface area contributed by atoms with Crippen LogP contribution in [-0.4, -0.2) is 48.4 Å². The molecule has 1 aliphatic carbocycles. The fourth-order valence-electron chi connectivity index (χ4n) is 3.98. The molecule has 138 valence electrons. The quantitative estimate of drug-likeness (QED) is 0.816. The lowest BCUT2D eigenvalue weighted by molar-refractivity contribution is -0.143. The molecule has 7 heteroatoms. The number of nitrogens with one attached hydrogen (secondary N) is 1. The van der Waals surface area contributed by atoms with Crippen molar-refractivity contribution in [1.82, 2.24) is 10.2 Å². The summed E-state index contributed by atoms with van der Waals surface area (Å²) < 4.78 is 11.4. The zero-order valence-electron chi connectivity index (χ0n) is 14.5. The Kier molecular flexibility index (Phi) is 4.53. The topological polar surface area (TPSA) is 84.9 Å². The molecule has 3 aliphatic rings. The van der Waals surface area contributed by atoms with Crippen molar-refractivity contribution in [2.75, 3.05) is 19.7 Å². The first-order chi connectivity index (χ1) is 12.6. The number of imide groups is 1. The molecule has 2 heterocycles. The predicted octanol–water partition coefficient (Wildman–Crippen LogP) is 1.12. The van der Waals surface area contributed by atoms with Gasteiger partial charge in [0.2, 0.25) is 17.7 Å². The van der Waals surface area contributed by atoms with Gasteiger partial charge in [0, 0.05) is 0 Å².